The number of amides is 1. The first-order chi connectivity index (χ1) is 14.2. The van der Waals surface area contributed by atoms with E-state index in [0.717, 1.165) is 16.4 Å². The molecular formula is C19H22FN3O6S. The van der Waals surface area contributed by atoms with Crippen molar-refractivity contribution in [3.05, 3.63) is 46.5 Å². The van der Waals surface area contributed by atoms with Gasteiger partial charge in [-0.05, 0) is 37.6 Å². The number of nitrogens with one attached hydrogen (secondary N) is 2. The predicted octanol–water partition coefficient (Wildman–Crippen LogP) is 1.83. The monoisotopic (exact) mass is 439 g/mol. The summed E-state index contributed by atoms with van der Waals surface area (Å²) in [5.74, 6) is -2.10. The molecule has 0 radical (unpaired) electrons. The number of anilines is 1. The smallest absolute Gasteiger partial charge is 0.339 e. The van der Waals surface area contributed by atoms with E-state index >= 15 is 0 Å². The lowest BCUT2D eigenvalue weighted by Crippen LogP contribution is -2.40. The molecule has 0 saturated carbocycles. The van der Waals surface area contributed by atoms with Crippen LogP contribution in [0.3, 0.4) is 0 Å². The number of methoxy groups -OCH3 is 1. The second-order valence-electron chi connectivity index (χ2n) is 6.73. The summed E-state index contributed by atoms with van der Waals surface area (Å²) in [7, 11) is -2.84. The Morgan fingerprint density at radius 2 is 1.90 bits per heavy atom. The molecule has 1 fully saturated rings. The van der Waals surface area contributed by atoms with Gasteiger partial charge in [-0.15, -0.1) is 0 Å². The maximum Gasteiger partial charge on any atom is 0.339 e. The molecule has 30 heavy (non-hydrogen) atoms. The number of aromatic nitrogens is 1. The topological polar surface area (TPSA) is 118 Å². The average molecular weight is 439 g/mol. The lowest BCUT2D eigenvalue weighted by molar-refractivity contribution is 0.0599. The fourth-order valence-electron chi connectivity index (χ4n) is 3.28. The van der Waals surface area contributed by atoms with E-state index in [4.69, 9.17) is 9.47 Å². The van der Waals surface area contributed by atoms with Gasteiger partial charge in [-0.2, -0.15) is 4.31 Å². The number of rotatable bonds is 5. The second kappa shape index (κ2) is 8.54. The van der Waals surface area contributed by atoms with Crippen LogP contribution < -0.4 is 5.32 Å². The van der Waals surface area contributed by atoms with Gasteiger partial charge in [-0.25, -0.2) is 17.6 Å². The van der Waals surface area contributed by atoms with Gasteiger partial charge in [0.2, 0.25) is 10.0 Å². The van der Waals surface area contributed by atoms with E-state index < -0.39 is 32.6 Å². The highest BCUT2D eigenvalue weighted by Gasteiger charge is 2.30. The number of H-pyrrole nitrogens is 1. The average Bonchev–Trinajstić information content (AvgIpc) is 3.03. The Hall–Kier alpha value is -2.76. The van der Waals surface area contributed by atoms with Crippen LogP contribution in [0.15, 0.2) is 23.1 Å². The Labute approximate surface area is 173 Å². The summed E-state index contributed by atoms with van der Waals surface area (Å²) in [6.45, 7) is 3.91. The molecule has 2 aromatic rings. The maximum absolute atomic E-state index is 14.3. The molecule has 1 aromatic heterocycles. The first-order valence-corrected chi connectivity index (χ1v) is 10.6. The maximum atomic E-state index is 14.3. The number of hydrogen-bond donors (Lipinski definition) is 2. The zero-order chi connectivity index (χ0) is 22.1. The first-order valence-electron chi connectivity index (χ1n) is 9.13. The fourth-order valence-corrected chi connectivity index (χ4v) is 4.78. The Bertz CT molecular complexity index is 1090. The van der Waals surface area contributed by atoms with Crippen LogP contribution >= 0.6 is 0 Å². The Morgan fingerprint density at radius 3 is 2.53 bits per heavy atom. The van der Waals surface area contributed by atoms with Gasteiger partial charge in [0, 0.05) is 24.5 Å². The molecule has 162 valence electrons. The number of carbonyl (C=O) groups excluding carboxylic acids is 2. The van der Waals surface area contributed by atoms with Crippen LogP contribution in [0.25, 0.3) is 0 Å². The van der Waals surface area contributed by atoms with Gasteiger partial charge in [-0.1, -0.05) is 0 Å². The molecule has 0 atom stereocenters. The van der Waals surface area contributed by atoms with Gasteiger partial charge < -0.3 is 19.8 Å². The van der Waals surface area contributed by atoms with E-state index in [1.807, 2.05) is 0 Å². The van der Waals surface area contributed by atoms with Crippen molar-refractivity contribution < 1.29 is 31.9 Å². The number of hydrogen-bond acceptors (Lipinski definition) is 6. The summed E-state index contributed by atoms with van der Waals surface area (Å²) >= 11 is 0. The fraction of sp³-hybridized carbons (Fsp3) is 0.368. The molecule has 0 spiro atoms. The lowest BCUT2D eigenvalue weighted by Gasteiger charge is -2.26. The number of ether oxygens (including phenoxy) is 2. The summed E-state index contributed by atoms with van der Waals surface area (Å²) < 4.78 is 50.9. The van der Waals surface area contributed by atoms with Gasteiger partial charge >= 0.3 is 5.97 Å². The molecule has 0 aliphatic carbocycles. The van der Waals surface area contributed by atoms with Gasteiger partial charge in [0.25, 0.3) is 5.91 Å². The van der Waals surface area contributed by atoms with Crippen LogP contribution in [-0.2, 0) is 19.5 Å². The number of nitrogens with zero attached hydrogens (tertiary/aromatic N) is 1. The molecule has 1 aliphatic rings. The van der Waals surface area contributed by atoms with E-state index in [2.05, 4.69) is 10.3 Å². The van der Waals surface area contributed by atoms with Crippen LogP contribution in [0, 0.1) is 19.7 Å². The van der Waals surface area contributed by atoms with Gasteiger partial charge in [-0.3, -0.25) is 4.79 Å². The molecule has 1 aliphatic heterocycles. The largest absolute Gasteiger partial charge is 0.465 e. The lowest BCUT2D eigenvalue weighted by atomic mass is 10.1. The number of carbonyl (C=O) groups is 2. The van der Waals surface area contributed by atoms with Crippen molar-refractivity contribution in [2.75, 3.05) is 38.7 Å². The van der Waals surface area contributed by atoms with E-state index in [1.165, 1.54) is 13.2 Å². The summed E-state index contributed by atoms with van der Waals surface area (Å²) in [4.78, 5) is 26.9. The summed E-state index contributed by atoms with van der Waals surface area (Å²) in [5.41, 5.74) is 1.31. The molecule has 0 bridgehead atoms. The number of aryl methyl sites for hydroxylation is 1. The van der Waals surface area contributed by atoms with Gasteiger partial charge in [0.05, 0.1) is 25.9 Å². The number of benzene rings is 1. The van der Waals surface area contributed by atoms with Crippen molar-refractivity contribution in [2.24, 2.45) is 0 Å². The van der Waals surface area contributed by atoms with Gasteiger partial charge in [0.15, 0.2) is 0 Å². The van der Waals surface area contributed by atoms with Crippen molar-refractivity contribution in [2.45, 2.75) is 18.7 Å². The third-order valence-electron chi connectivity index (χ3n) is 4.83. The van der Waals surface area contributed by atoms with E-state index in [0.29, 0.717) is 11.3 Å². The van der Waals surface area contributed by atoms with E-state index in [-0.39, 0.29) is 43.2 Å². The number of esters is 1. The quantitative estimate of drug-likeness (QED) is 0.687. The van der Waals surface area contributed by atoms with Crippen LogP contribution in [0.5, 0.6) is 0 Å². The molecule has 3 rings (SSSR count). The van der Waals surface area contributed by atoms with Crippen LogP contribution in [-0.4, -0.2) is 63.0 Å². The third kappa shape index (κ3) is 4.09. The van der Waals surface area contributed by atoms with Crippen LogP contribution in [0.2, 0.25) is 0 Å². The minimum atomic E-state index is -4.08. The van der Waals surface area contributed by atoms with Crippen molar-refractivity contribution >= 4 is 27.6 Å². The Morgan fingerprint density at radius 1 is 1.23 bits per heavy atom. The van der Waals surface area contributed by atoms with Crippen molar-refractivity contribution in [3.8, 4) is 0 Å². The van der Waals surface area contributed by atoms with Crippen molar-refractivity contribution in [1.29, 1.82) is 0 Å². The molecule has 2 N–H and O–H groups in total. The molecule has 11 heteroatoms. The first kappa shape index (κ1) is 21.9. The van der Waals surface area contributed by atoms with Gasteiger partial charge in [0.1, 0.15) is 16.4 Å². The molecule has 1 aromatic carbocycles. The minimum absolute atomic E-state index is 0.0968. The molecular weight excluding hydrogens is 417 g/mol. The highest BCUT2D eigenvalue weighted by molar-refractivity contribution is 7.89. The Balaban J connectivity index is 1.89. The second-order valence-corrected chi connectivity index (χ2v) is 8.64. The molecule has 1 saturated heterocycles. The third-order valence-corrected chi connectivity index (χ3v) is 6.74. The molecule has 9 nitrogen and oxygen atoms in total. The summed E-state index contributed by atoms with van der Waals surface area (Å²) in [6.07, 6.45) is 0. The highest BCUT2D eigenvalue weighted by Crippen LogP contribution is 2.25. The van der Waals surface area contributed by atoms with Crippen LogP contribution in [0.4, 0.5) is 10.1 Å². The minimum Gasteiger partial charge on any atom is -0.465 e. The number of halogens is 1. The number of aromatic amines is 1. The van der Waals surface area contributed by atoms with E-state index in [1.54, 1.807) is 13.8 Å². The summed E-state index contributed by atoms with van der Waals surface area (Å²) in [5, 5.41) is 2.54. The SMILES string of the molecule is COC(=O)c1c(C)[nH]c(C(=O)Nc2ccc(F)c(S(=O)(=O)N3CCOCC3)c2)c1C. The molecule has 2 heterocycles. The van der Waals surface area contributed by atoms with E-state index in [9.17, 15) is 22.4 Å². The summed E-state index contributed by atoms with van der Waals surface area (Å²) in [6, 6.07) is 3.32. The van der Waals surface area contributed by atoms with Crippen LogP contribution in [0.1, 0.15) is 32.1 Å². The zero-order valence-electron chi connectivity index (χ0n) is 16.7. The number of morpholine rings is 1. The Kier molecular flexibility index (Phi) is 6.25. The molecule has 1 amide bonds. The molecule has 0 unspecified atom stereocenters. The van der Waals surface area contributed by atoms with Crippen molar-refractivity contribution in [3.63, 3.8) is 0 Å². The van der Waals surface area contributed by atoms with Crippen molar-refractivity contribution in [1.82, 2.24) is 9.29 Å². The standard InChI is InChI=1S/C19H22FN3O6S/c1-11-16(19(25)28-3)12(2)21-17(11)18(24)22-13-4-5-14(20)15(10-13)30(26,27)23-6-8-29-9-7-23/h4-5,10,21H,6-9H2,1-3H3,(H,22,24). The predicted molar refractivity (Wildman–Crippen MR) is 106 cm³/mol. The highest BCUT2D eigenvalue weighted by atomic mass is 32.2. The normalized spacial score (nSPS) is 15.1. The zero-order valence-corrected chi connectivity index (χ0v) is 17.6. The number of sulfonamides is 1.